The van der Waals surface area contributed by atoms with Gasteiger partial charge in [0, 0.05) is 17.5 Å². The number of aryl methyl sites for hydroxylation is 1. The number of amides is 1. The predicted molar refractivity (Wildman–Crippen MR) is 91.4 cm³/mol. The van der Waals surface area contributed by atoms with E-state index in [0.717, 1.165) is 23.1 Å². The van der Waals surface area contributed by atoms with E-state index in [-0.39, 0.29) is 24.3 Å². The van der Waals surface area contributed by atoms with E-state index >= 15 is 0 Å². The number of halogens is 1. The lowest BCUT2D eigenvalue weighted by Gasteiger charge is -2.14. The Morgan fingerprint density at radius 3 is 2.70 bits per heavy atom. The Balaban J connectivity index is 1.55. The minimum absolute atomic E-state index is 0.0115. The third-order valence-electron chi connectivity index (χ3n) is 4.45. The molecule has 3 unspecified atom stereocenters. The molecule has 1 aliphatic carbocycles. The van der Waals surface area contributed by atoms with Gasteiger partial charge in [-0.3, -0.25) is 4.79 Å². The molecular formula is C19H20ClNO2. The molecule has 2 aromatic carbocycles. The molecule has 3 nitrogen and oxygen atoms in total. The van der Waals surface area contributed by atoms with Gasteiger partial charge in [-0.1, -0.05) is 54.1 Å². The zero-order chi connectivity index (χ0) is 16.4. The Morgan fingerprint density at radius 1 is 1.26 bits per heavy atom. The van der Waals surface area contributed by atoms with E-state index in [2.05, 4.69) is 5.32 Å². The molecule has 0 heterocycles. The van der Waals surface area contributed by atoms with Crippen LogP contribution in [-0.2, 0) is 4.79 Å². The second-order valence-corrected chi connectivity index (χ2v) is 6.49. The molecule has 2 aromatic rings. The van der Waals surface area contributed by atoms with Gasteiger partial charge in [-0.25, -0.2) is 0 Å². The summed E-state index contributed by atoms with van der Waals surface area (Å²) < 4.78 is 0. The van der Waals surface area contributed by atoms with E-state index in [1.165, 1.54) is 0 Å². The fourth-order valence-corrected chi connectivity index (χ4v) is 3.28. The molecule has 0 bridgehead atoms. The zero-order valence-corrected chi connectivity index (χ0v) is 13.8. The van der Waals surface area contributed by atoms with Crippen LogP contribution < -0.4 is 5.32 Å². The van der Waals surface area contributed by atoms with Crippen LogP contribution in [0.4, 0.5) is 0 Å². The summed E-state index contributed by atoms with van der Waals surface area (Å²) in [6.45, 7) is 2.18. The number of aliphatic hydroxyl groups excluding tert-OH is 1. The first-order valence-electron chi connectivity index (χ1n) is 7.83. The molecule has 2 N–H and O–H groups in total. The molecule has 1 amide bonds. The van der Waals surface area contributed by atoms with Gasteiger partial charge in [0.2, 0.25) is 5.91 Å². The number of hydrogen-bond acceptors (Lipinski definition) is 2. The van der Waals surface area contributed by atoms with Gasteiger partial charge in [-0.05, 0) is 42.0 Å². The van der Waals surface area contributed by atoms with Crippen molar-refractivity contribution in [2.75, 3.05) is 6.54 Å². The van der Waals surface area contributed by atoms with Gasteiger partial charge in [-0.15, -0.1) is 0 Å². The Kier molecular flexibility index (Phi) is 4.69. The summed E-state index contributed by atoms with van der Waals surface area (Å²) in [6.07, 6.45) is 0.133. The highest BCUT2D eigenvalue weighted by Gasteiger charge is 2.44. The Morgan fingerprint density at radius 2 is 1.96 bits per heavy atom. The van der Waals surface area contributed by atoms with Crippen LogP contribution >= 0.6 is 11.6 Å². The molecule has 0 aliphatic heterocycles. The van der Waals surface area contributed by atoms with Gasteiger partial charge in [0.1, 0.15) is 0 Å². The molecular weight excluding hydrogens is 310 g/mol. The van der Waals surface area contributed by atoms with Gasteiger partial charge >= 0.3 is 0 Å². The summed E-state index contributed by atoms with van der Waals surface area (Å²) in [5.74, 6) is 0.140. The topological polar surface area (TPSA) is 49.3 Å². The molecule has 4 heteroatoms. The molecule has 0 aromatic heterocycles. The number of carbonyl (C=O) groups excluding carboxylic acids is 1. The van der Waals surface area contributed by atoms with Crippen LogP contribution in [0.1, 0.15) is 35.1 Å². The summed E-state index contributed by atoms with van der Waals surface area (Å²) in [6, 6.07) is 15.3. The largest absolute Gasteiger partial charge is 0.387 e. The van der Waals surface area contributed by atoms with Crippen molar-refractivity contribution < 1.29 is 9.90 Å². The third kappa shape index (κ3) is 3.57. The Labute approximate surface area is 141 Å². The van der Waals surface area contributed by atoms with Gasteiger partial charge in [0.25, 0.3) is 0 Å². The lowest BCUT2D eigenvalue weighted by atomic mass is 10.0. The summed E-state index contributed by atoms with van der Waals surface area (Å²) in [5, 5.41) is 13.8. The van der Waals surface area contributed by atoms with Crippen LogP contribution in [0.2, 0.25) is 5.02 Å². The maximum absolute atomic E-state index is 12.3. The lowest BCUT2D eigenvalue weighted by Crippen LogP contribution is -2.30. The number of carbonyl (C=O) groups is 1. The van der Waals surface area contributed by atoms with Gasteiger partial charge < -0.3 is 10.4 Å². The first-order valence-corrected chi connectivity index (χ1v) is 8.21. The number of hydrogen-bond donors (Lipinski definition) is 2. The summed E-state index contributed by atoms with van der Waals surface area (Å²) in [7, 11) is 0. The van der Waals surface area contributed by atoms with Crippen molar-refractivity contribution in [3.63, 3.8) is 0 Å². The van der Waals surface area contributed by atoms with E-state index in [1.54, 1.807) is 0 Å². The monoisotopic (exact) mass is 329 g/mol. The molecule has 0 spiro atoms. The molecule has 0 radical (unpaired) electrons. The van der Waals surface area contributed by atoms with E-state index < -0.39 is 6.10 Å². The fourth-order valence-electron chi connectivity index (χ4n) is 3.00. The van der Waals surface area contributed by atoms with Gasteiger partial charge in [0.05, 0.1) is 6.10 Å². The maximum Gasteiger partial charge on any atom is 0.223 e. The van der Waals surface area contributed by atoms with Crippen LogP contribution in [0.3, 0.4) is 0 Å². The molecule has 3 rings (SSSR count). The molecule has 1 saturated carbocycles. The highest BCUT2D eigenvalue weighted by Crippen LogP contribution is 2.49. The van der Waals surface area contributed by atoms with Crippen molar-refractivity contribution in [2.45, 2.75) is 25.4 Å². The van der Waals surface area contributed by atoms with Crippen LogP contribution in [0, 0.1) is 12.8 Å². The summed E-state index contributed by atoms with van der Waals surface area (Å²) in [5.41, 5.74) is 2.91. The average molecular weight is 330 g/mol. The first-order chi connectivity index (χ1) is 11.1. The molecule has 1 fully saturated rings. The molecule has 0 saturated heterocycles. The van der Waals surface area contributed by atoms with Crippen molar-refractivity contribution in [1.29, 1.82) is 0 Å². The van der Waals surface area contributed by atoms with Gasteiger partial charge in [-0.2, -0.15) is 0 Å². The van der Waals surface area contributed by atoms with Crippen LogP contribution in [0.25, 0.3) is 0 Å². The Bertz CT molecular complexity index is 716. The van der Waals surface area contributed by atoms with E-state index in [0.29, 0.717) is 5.02 Å². The molecule has 120 valence electrons. The van der Waals surface area contributed by atoms with E-state index in [9.17, 15) is 9.90 Å². The number of aliphatic hydroxyl groups is 1. The van der Waals surface area contributed by atoms with Crippen molar-refractivity contribution in [1.82, 2.24) is 5.32 Å². The van der Waals surface area contributed by atoms with Crippen LogP contribution in [0.15, 0.2) is 48.5 Å². The van der Waals surface area contributed by atoms with E-state index in [1.807, 2.05) is 55.5 Å². The highest BCUT2D eigenvalue weighted by atomic mass is 35.5. The Hall–Kier alpha value is -1.84. The zero-order valence-electron chi connectivity index (χ0n) is 13.0. The minimum atomic E-state index is -0.683. The van der Waals surface area contributed by atoms with Crippen LogP contribution in [-0.4, -0.2) is 17.6 Å². The summed E-state index contributed by atoms with van der Waals surface area (Å²) in [4.78, 5) is 12.3. The molecule has 1 aliphatic rings. The smallest absolute Gasteiger partial charge is 0.223 e. The van der Waals surface area contributed by atoms with Crippen molar-refractivity contribution in [3.8, 4) is 0 Å². The minimum Gasteiger partial charge on any atom is -0.387 e. The molecule has 23 heavy (non-hydrogen) atoms. The van der Waals surface area contributed by atoms with Gasteiger partial charge in [0.15, 0.2) is 0 Å². The quantitative estimate of drug-likeness (QED) is 0.880. The van der Waals surface area contributed by atoms with Crippen molar-refractivity contribution in [2.24, 2.45) is 5.92 Å². The first kappa shape index (κ1) is 16.0. The average Bonchev–Trinajstić information content (AvgIpc) is 3.33. The molecule has 3 atom stereocenters. The summed E-state index contributed by atoms with van der Waals surface area (Å²) >= 11 is 6.18. The normalized spacial score (nSPS) is 20.8. The number of benzene rings is 2. The SMILES string of the molecule is Cc1ccccc1C(O)CNC(=O)C1CC1c1ccccc1Cl. The van der Waals surface area contributed by atoms with E-state index in [4.69, 9.17) is 11.6 Å². The lowest BCUT2D eigenvalue weighted by molar-refractivity contribution is -0.122. The van der Waals surface area contributed by atoms with Crippen molar-refractivity contribution >= 4 is 17.5 Å². The number of nitrogens with one attached hydrogen (secondary N) is 1. The fraction of sp³-hybridized carbons (Fsp3) is 0.316. The standard InChI is InChI=1S/C19H20ClNO2/c1-12-6-2-3-7-13(12)18(22)11-21-19(23)16-10-15(16)14-8-4-5-9-17(14)20/h2-9,15-16,18,22H,10-11H2,1H3,(H,21,23). The second-order valence-electron chi connectivity index (χ2n) is 6.09. The van der Waals surface area contributed by atoms with Crippen molar-refractivity contribution in [3.05, 3.63) is 70.2 Å². The highest BCUT2D eigenvalue weighted by molar-refractivity contribution is 6.31. The van der Waals surface area contributed by atoms with Crippen LogP contribution in [0.5, 0.6) is 0 Å². The maximum atomic E-state index is 12.3. The number of rotatable bonds is 5. The second kappa shape index (κ2) is 6.73. The predicted octanol–water partition coefficient (Wildman–Crippen LogP) is 3.60. The third-order valence-corrected chi connectivity index (χ3v) is 4.79.